The Hall–Kier alpha value is -3.42. The summed E-state index contributed by atoms with van der Waals surface area (Å²) in [7, 11) is 1.53. The molecule has 0 aliphatic rings. The van der Waals surface area contributed by atoms with Gasteiger partial charge in [0, 0.05) is 17.7 Å². The number of rotatable bonds is 7. The number of nitro groups is 1. The quantitative estimate of drug-likeness (QED) is 0.473. The van der Waals surface area contributed by atoms with Gasteiger partial charge in [0.15, 0.2) is 11.5 Å². The molecule has 0 bridgehead atoms. The Morgan fingerprint density at radius 3 is 2.76 bits per heavy atom. The lowest BCUT2D eigenvalue weighted by atomic mass is 10.2. The van der Waals surface area contributed by atoms with Gasteiger partial charge in [0.25, 0.3) is 11.6 Å². The molecule has 8 nitrogen and oxygen atoms in total. The van der Waals surface area contributed by atoms with E-state index in [0.29, 0.717) is 23.7 Å². The monoisotopic (exact) mass is 343 g/mol. The van der Waals surface area contributed by atoms with Gasteiger partial charge in [-0.15, -0.1) is 0 Å². The van der Waals surface area contributed by atoms with Crippen LogP contribution in [0.2, 0.25) is 0 Å². The third-order valence-electron chi connectivity index (χ3n) is 3.19. The Morgan fingerprint density at radius 1 is 1.28 bits per heavy atom. The maximum atomic E-state index is 12.0. The molecule has 0 heterocycles. The number of nitrogens with one attached hydrogen (secondary N) is 1. The number of methoxy groups -OCH3 is 1. The number of hydrazone groups is 1. The summed E-state index contributed by atoms with van der Waals surface area (Å²) in [5.41, 5.74) is 3.01. The van der Waals surface area contributed by atoms with E-state index >= 15 is 0 Å². The van der Waals surface area contributed by atoms with Crippen LogP contribution in [0.5, 0.6) is 11.5 Å². The van der Waals surface area contributed by atoms with Gasteiger partial charge in [-0.25, -0.2) is 5.43 Å². The molecule has 8 heteroatoms. The number of hydrogen-bond donors (Lipinski definition) is 1. The predicted octanol–water partition coefficient (Wildman–Crippen LogP) is 2.77. The average molecular weight is 343 g/mol. The summed E-state index contributed by atoms with van der Waals surface area (Å²) in [5, 5.41) is 14.6. The number of nitrogens with zero attached hydrogens (tertiary/aromatic N) is 2. The Balaban J connectivity index is 2.06. The average Bonchev–Trinajstić information content (AvgIpc) is 2.63. The molecular weight excluding hydrogens is 326 g/mol. The van der Waals surface area contributed by atoms with Gasteiger partial charge in [-0.2, -0.15) is 5.10 Å². The van der Waals surface area contributed by atoms with Gasteiger partial charge in [0.05, 0.1) is 24.9 Å². The second-order valence-electron chi connectivity index (χ2n) is 4.85. The van der Waals surface area contributed by atoms with Crippen molar-refractivity contribution < 1.29 is 19.2 Å². The van der Waals surface area contributed by atoms with Crippen LogP contribution < -0.4 is 14.9 Å². The summed E-state index contributed by atoms with van der Waals surface area (Å²) in [6, 6.07) is 10.6. The normalized spacial score (nSPS) is 10.5. The second kappa shape index (κ2) is 8.44. The molecule has 25 heavy (non-hydrogen) atoms. The van der Waals surface area contributed by atoms with E-state index in [2.05, 4.69) is 10.5 Å². The van der Waals surface area contributed by atoms with Gasteiger partial charge in [-0.1, -0.05) is 6.07 Å². The van der Waals surface area contributed by atoms with Crippen molar-refractivity contribution in [2.45, 2.75) is 6.92 Å². The molecule has 130 valence electrons. The first-order valence-electron chi connectivity index (χ1n) is 7.44. The van der Waals surface area contributed by atoms with Crippen molar-refractivity contribution in [3.8, 4) is 11.5 Å². The standard InChI is InChI=1S/C17H17N3O5/c1-3-25-15-8-7-12(9-16(15)24-2)11-18-19-17(21)13-5-4-6-14(10-13)20(22)23/h4-11H,3H2,1-2H3,(H,19,21)/b18-11-. The fraction of sp³-hybridized carbons (Fsp3) is 0.176. The van der Waals surface area contributed by atoms with Crippen molar-refractivity contribution in [1.82, 2.24) is 5.43 Å². The number of hydrogen-bond acceptors (Lipinski definition) is 6. The molecule has 0 aromatic heterocycles. The Kier molecular flexibility index (Phi) is 6.05. The minimum absolute atomic E-state index is 0.149. The van der Waals surface area contributed by atoms with E-state index in [1.807, 2.05) is 6.92 Å². The van der Waals surface area contributed by atoms with Crippen LogP contribution in [0, 0.1) is 10.1 Å². The Bertz CT molecular complexity index is 805. The van der Waals surface area contributed by atoms with Crippen LogP contribution in [0.25, 0.3) is 0 Å². The third kappa shape index (κ3) is 4.77. The van der Waals surface area contributed by atoms with Crippen LogP contribution >= 0.6 is 0 Å². The van der Waals surface area contributed by atoms with Crippen LogP contribution in [-0.4, -0.2) is 30.8 Å². The van der Waals surface area contributed by atoms with E-state index < -0.39 is 10.8 Å². The van der Waals surface area contributed by atoms with Crippen molar-refractivity contribution >= 4 is 17.8 Å². The Labute approximate surface area is 144 Å². The summed E-state index contributed by atoms with van der Waals surface area (Å²) >= 11 is 0. The van der Waals surface area contributed by atoms with Crippen molar-refractivity contribution in [3.05, 3.63) is 63.7 Å². The maximum Gasteiger partial charge on any atom is 0.271 e. The van der Waals surface area contributed by atoms with Crippen LogP contribution in [0.15, 0.2) is 47.6 Å². The molecule has 0 atom stereocenters. The Morgan fingerprint density at radius 2 is 2.08 bits per heavy atom. The van der Waals surface area contributed by atoms with E-state index in [0.717, 1.165) is 0 Å². The smallest absolute Gasteiger partial charge is 0.271 e. The maximum absolute atomic E-state index is 12.0. The van der Waals surface area contributed by atoms with Gasteiger partial charge in [-0.3, -0.25) is 14.9 Å². The van der Waals surface area contributed by atoms with Gasteiger partial charge in [0.1, 0.15) is 0 Å². The number of nitro benzene ring substituents is 1. The first kappa shape index (κ1) is 17.9. The molecule has 1 N–H and O–H groups in total. The largest absolute Gasteiger partial charge is 0.493 e. The van der Waals surface area contributed by atoms with E-state index in [1.54, 1.807) is 18.2 Å². The first-order chi connectivity index (χ1) is 12.0. The molecule has 2 rings (SSSR count). The van der Waals surface area contributed by atoms with Crippen molar-refractivity contribution in [2.24, 2.45) is 5.10 Å². The summed E-state index contributed by atoms with van der Waals surface area (Å²) in [6.07, 6.45) is 1.44. The molecular formula is C17H17N3O5. The van der Waals surface area contributed by atoms with Gasteiger partial charge >= 0.3 is 0 Å². The number of ether oxygens (including phenoxy) is 2. The fourth-order valence-electron chi connectivity index (χ4n) is 2.03. The molecule has 2 aromatic carbocycles. The first-order valence-corrected chi connectivity index (χ1v) is 7.44. The van der Waals surface area contributed by atoms with Crippen molar-refractivity contribution in [1.29, 1.82) is 0 Å². The number of carbonyl (C=O) groups excluding carboxylic acids is 1. The topological polar surface area (TPSA) is 103 Å². The van der Waals surface area contributed by atoms with Gasteiger partial charge < -0.3 is 9.47 Å². The highest BCUT2D eigenvalue weighted by Gasteiger charge is 2.10. The molecule has 0 aliphatic heterocycles. The zero-order chi connectivity index (χ0) is 18.2. The summed E-state index contributed by atoms with van der Waals surface area (Å²) < 4.78 is 10.7. The lowest BCUT2D eigenvalue weighted by Gasteiger charge is -2.09. The molecule has 0 aliphatic carbocycles. The highest BCUT2D eigenvalue weighted by Crippen LogP contribution is 2.27. The molecule has 2 aromatic rings. The minimum atomic E-state index is -0.563. The predicted molar refractivity (Wildman–Crippen MR) is 92.3 cm³/mol. The molecule has 0 radical (unpaired) electrons. The summed E-state index contributed by atoms with van der Waals surface area (Å²) in [6.45, 7) is 2.39. The molecule has 0 fully saturated rings. The summed E-state index contributed by atoms with van der Waals surface area (Å²) in [5.74, 6) is 0.622. The molecule has 0 saturated heterocycles. The minimum Gasteiger partial charge on any atom is -0.493 e. The third-order valence-corrected chi connectivity index (χ3v) is 3.19. The number of benzene rings is 2. The zero-order valence-corrected chi connectivity index (χ0v) is 13.8. The second-order valence-corrected chi connectivity index (χ2v) is 4.85. The zero-order valence-electron chi connectivity index (χ0n) is 13.8. The number of amides is 1. The van der Waals surface area contributed by atoms with Gasteiger partial charge in [0.2, 0.25) is 0 Å². The van der Waals surface area contributed by atoms with Crippen LogP contribution in [-0.2, 0) is 0 Å². The SMILES string of the molecule is CCOc1ccc(/C=N\NC(=O)c2cccc([N+](=O)[O-])c2)cc1OC. The van der Waals surface area contributed by atoms with E-state index in [9.17, 15) is 14.9 Å². The van der Waals surface area contributed by atoms with Crippen LogP contribution in [0.1, 0.15) is 22.8 Å². The van der Waals surface area contributed by atoms with Crippen molar-refractivity contribution in [2.75, 3.05) is 13.7 Å². The lowest BCUT2D eigenvalue weighted by Crippen LogP contribution is -2.17. The summed E-state index contributed by atoms with van der Waals surface area (Å²) in [4.78, 5) is 22.1. The number of carbonyl (C=O) groups is 1. The van der Waals surface area contributed by atoms with E-state index in [-0.39, 0.29) is 11.3 Å². The molecule has 1 amide bonds. The highest BCUT2D eigenvalue weighted by molar-refractivity contribution is 5.95. The molecule has 0 saturated carbocycles. The van der Waals surface area contributed by atoms with Gasteiger partial charge in [-0.05, 0) is 36.8 Å². The van der Waals surface area contributed by atoms with E-state index in [4.69, 9.17) is 9.47 Å². The van der Waals surface area contributed by atoms with E-state index in [1.165, 1.54) is 37.6 Å². The molecule has 0 unspecified atom stereocenters. The van der Waals surface area contributed by atoms with Crippen LogP contribution in [0.3, 0.4) is 0 Å². The highest BCUT2D eigenvalue weighted by atomic mass is 16.6. The number of non-ortho nitro benzene ring substituents is 1. The lowest BCUT2D eigenvalue weighted by molar-refractivity contribution is -0.384. The van der Waals surface area contributed by atoms with Crippen molar-refractivity contribution in [3.63, 3.8) is 0 Å². The fourth-order valence-corrected chi connectivity index (χ4v) is 2.03. The van der Waals surface area contributed by atoms with Crippen LogP contribution in [0.4, 0.5) is 5.69 Å². The molecule has 0 spiro atoms.